The van der Waals surface area contributed by atoms with Crippen LogP contribution in [0.15, 0.2) is 95.5 Å². The molecule has 0 aromatic carbocycles. The minimum absolute atomic E-state index is 0. The summed E-state index contributed by atoms with van der Waals surface area (Å²) in [6.07, 6.45) is -3.14. The number of pyridine rings is 4. The number of fused-ring (bicyclic) bond motifs is 4. The Balaban J connectivity index is 0.000000203. The number of alkyl halides is 6. The fraction of sp³-hybridized carbons (Fsp3) is 0.231. The molecule has 1 aliphatic carbocycles. The molecule has 0 fully saturated rings. The van der Waals surface area contributed by atoms with Gasteiger partial charge in [-0.2, -0.15) is 26.3 Å². The van der Waals surface area contributed by atoms with E-state index >= 15 is 0 Å². The van der Waals surface area contributed by atoms with E-state index < -0.39 is 23.7 Å². The zero-order valence-corrected chi connectivity index (χ0v) is 45.3. The van der Waals surface area contributed by atoms with Gasteiger partial charge in [0, 0.05) is 65.8 Å². The Bertz CT molecular complexity index is 3540. The SMILES string of the molecule is CC1(C)c2cc(-c3ccnc(-c4cc(OC=O)cc(-c5cc(OC=O)ccn5)n4)c3)sc2-c2sc(-c3scc4c3OCCO4)cc21.CCCCCSc1cc(-c2cc(C(F)(F)F)n[n-]2)nc(-c2cc(C(F)(F)F)n[n-]2)c1.[Ru+2]. The van der Waals surface area contributed by atoms with E-state index in [9.17, 15) is 35.9 Å². The number of hydrogen-bond donors (Lipinski definition) is 0. The zero-order valence-electron chi connectivity index (χ0n) is 40.3. The fourth-order valence-electron chi connectivity index (χ4n) is 8.29. The molecule has 0 atom stereocenters. The Morgan fingerprint density at radius 3 is 1.84 bits per heavy atom. The minimum atomic E-state index is -4.67. The third kappa shape index (κ3) is 11.7. The number of aromatic nitrogens is 8. The number of ether oxygens (including phenoxy) is 4. The number of rotatable bonds is 15. The molecule has 0 N–H and O–H groups in total. The Morgan fingerprint density at radius 2 is 1.23 bits per heavy atom. The smallest absolute Gasteiger partial charge is 0.573 e. The van der Waals surface area contributed by atoms with Crippen molar-refractivity contribution in [3.05, 3.63) is 113 Å². The van der Waals surface area contributed by atoms with Gasteiger partial charge in [-0.05, 0) is 83.5 Å². The quantitative estimate of drug-likeness (QED) is 0.0311. The van der Waals surface area contributed by atoms with Gasteiger partial charge in [-0.1, -0.05) is 45.0 Å². The predicted molar refractivity (Wildman–Crippen MR) is 275 cm³/mol. The van der Waals surface area contributed by atoms with Crippen molar-refractivity contribution < 1.29 is 74.4 Å². The second-order valence-corrected chi connectivity index (χ2v) is 21.6. The summed E-state index contributed by atoms with van der Waals surface area (Å²) in [5.74, 6) is 3.01. The van der Waals surface area contributed by atoms with E-state index in [4.69, 9.17) is 23.9 Å². The van der Waals surface area contributed by atoms with Gasteiger partial charge >= 0.3 is 31.8 Å². The average Bonchev–Trinajstić information content (AvgIpc) is 4.31. The molecule has 0 radical (unpaired) electrons. The van der Waals surface area contributed by atoms with Gasteiger partial charge in [-0.15, -0.1) is 45.8 Å². The molecule has 11 rings (SSSR count). The van der Waals surface area contributed by atoms with E-state index in [0.29, 0.717) is 59.6 Å². The van der Waals surface area contributed by atoms with Crippen molar-refractivity contribution in [2.75, 3.05) is 19.0 Å². The molecule has 396 valence electrons. The molecule has 0 spiro atoms. The van der Waals surface area contributed by atoms with E-state index in [-0.39, 0.29) is 53.4 Å². The number of thiophene rings is 3. The summed E-state index contributed by atoms with van der Waals surface area (Å²) in [6, 6.07) is 19.5. The molecule has 25 heteroatoms. The fourth-order valence-corrected chi connectivity index (χ4v) is 13.1. The maximum absolute atomic E-state index is 12.8. The van der Waals surface area contributed by atoms with Crippen molar-refractivity contribution in [2.45, 2.75) is 62.7 Å². The number of hydrogen-bond acceptors (Lipinski definition) is 16. The Labute approximate surface area is 463 Å². The van der Waals surface area contributed by atoms with Gasteiger partial charge < -0.3 is 39.3 Å². The van der Waals surface area contributed by atoms with Crippen molar-refractivity contribution in [1.82, 2.24) is 40.3 Å². The van der Waals surface area contributed by atoms with Gasteiger partial charge in [0.2, 0.25) is 0 Å². The van der Waals surface area contributed by atoms with Crippen LogP contribution in [-0.2, 0) is 46.8 Å². The van der Waals surface area contributed by atoms with Gasteiger partial charge in [0.25, 0.3) is 12.9 Å². The second kappa shape index (κ2) is 22.7. The molecule has 9 aromatic heterocycles. The van der Waals surface area contributed by atoms with Gasteiger partial charge in [0.1, 0.15) is 36.1 Å². The molecule has 9 aromatic rings. The summed E-state index contributed by atoms with van der Waals surface area (Å²) in [7, 11) is 0. The molecule has 0 saturated carbocycles. The number of thioether (sulfide) groups is 1. The molecule has 10 heterocycles. The first-order chi connectivity index (χ1) is 36.5. The van der Waals surface area contributed by atoms with Gasteiger partial charge in [0.15, 0.2) is 11.5 Å². The number of halogens is 6. The molecule has 0 unspecified atom stereocenters. The third-order valence-corrected chi connectivity index (χ3v) is 16.7. The number of carbonyl (C=O) groups is 2. The van der Waals surface area contributed by atoms with Crippen molar-refractivity contribution in [3.8, 4) is 98.5 Å². The Hall–Kier alpha value is -6.79. The van der Waals surface area contributed by atoms with Crippen molar-refractivity contribution in [1.29, 1.82) is 0 Å². The number of carbonyl (C=O) groups excluding carboxylic acids is 2. The monoisotopic (exact) mass is 1210 g/mol. The summed E-state index contributed by atoms with van der Waals surface area (Å²) in [5.41, 5.74) is 2.96. The van der Waals surface area contributed by atoms with Crippen LogP contribution in [0, 0.1) is 0 Å². The molecular formula is C52H38F6N8O6RuS4. The maximum Gasteiger partial charge on any atom is 2.00 e. The first-order valence-electron chi connectivity index (χ1n) is 23.1. The average molecular weight is 1210 g/mol. The first kappa shape index (κ1) is 55.0. The summed E-state index contributed by atoms with van der Waals surface area (Å²) in [5, 5.41) is 15.3. The standard InChI is InChI=1S/C34H23N3O6S3.C18H15F6N5S.Ru/c1-34(2)21-13-28(45-31(21)32-22(34)14-29(46-32)33-30-27(15-44-33)40-7-8-41-30)18-3-5-35-23(9-18)25-11-20(43-17-39)12-26(37-25)24-10-19(42-16-38)4-6-36-24;1-2-3-4-5-30-10-6-11(13-8-15(28-26-13)17(19,20)21)25-12(7-10)14-9-16(29-27-14)18(22,23)24;/h3-6,9-17H,7-8H2,1-2H3;6-9H,2-5H2,1H3;/q;-2;+2. The van der Waals surface area contributed by atoms with E-state index in [1.807, 2.05) is 24.4 Å². The van der Waals surface area contributed by atoms with Crippen LogP contribution in [0.5, 0.6) is 23.0 Å². The summed E-state index contributed by atoms with van der Waals surface area (Å²) >= 11 is 6.65. The van der Waals surface area contributed by atoms with E-state index in [2.05, 4.69) is 61.3 Å². The molecule has 77 heavy (non-hydrogen) atoms. The number of unbranched alkanes of at least 4 members (excludes halogenated alkanes) is 2. The first-order valence-corrected chi connectivity index (χ1v) is 26.6. The summed E-state index contributed by atoms with van der Waals surface area (Å²) < 4.78 is 99.0. The zero-order chi connectivity index (χ0) is 53.4. The van der Waals surface area contributed by atoms with Crippen LogP contribution in [0.1, 0.15) is 62.5 Å². The van der Waals surface area contributed by atoms with Crippen LogP contribution in [0.3, 0.4) is 0 Å². The Morgan fingerprint density at radius 1 is 0.675 bits per heavy atom. The van der Waals surface area contributed by atoms with Crippen molar-refractivity contribution in [3.63, 3.8) is 0 Å². The van der Waals surface area contributed by atoms with Crippen molar-refractivity contribution >= 4 is 58.7 Å². The van der Waals surface area contributed by atoms with E-state index in [1.165, 1.54) is 55.8 Å². The maximum atomic E-state index is 12.8. The summed E-state index contributed by atoms with van der Waals surface area (Å²) in [4.78, 5) is 46.6. The molecule has 14 nitrogen and oxygen atoms in total. The largest absolute Gasteiger partial charge is 2.00 e. The minimum Gasteiger partial charge on any atom is -0.573 e. The van der Waals surface area contributed by atoms with Gasteiger partial charge in [0.05, 0.1) is 39.0 Å². The third-order valence-electron chi connectivity index (χ3n) is 12.0. The van der Waals surface area contributed by atoms with Gasteiger partial charge in [-0.25, -0.2) is 4.98 Å². The van der Waals surface area contributed by atoms with Crippen LogP contribution in [0.2, 0.25) is 0 Å². The van der Waals surface area contributed by atoms with Crippen LogP contribution in [0.4, 0.5) is 26.3 Å². The second-order valence-electron chi connectivity index (χ2n) is 17.4. The predicted octanol–water partition coefficient (Wildman–Crippen LogP) is 13.3. The summed E-state index contributed by atoms with van der Waals surface area (Å²) in [6.45, 7) is 8.45. The molecule has 0 saturated heterocycles. The van der Waals surface area contributed by atoms with E-state index in [1.54, 1.807) is 64.5 Å². The normalized spacial score (nSPS) is 13.2. The van der Waals surface area contributed by atoms with Crippen LogP contribution in [0.25, 0.3) is 75.5 Å². The van der Waals surface area contributed by atoms with Crippen LogP contribution in [-0.4, -0.2) is 62.0 Å². The topological polar surface area (TPSA) is 177 Å². The Kier molecular flexibility index (Phi) is 16.2. The molecule has 2 aliphatic rings. The van der Waals surface area contributed by atoms with Crippen LogP contribution < -0.4 is 29.1 Å². The van der Waals surface area contributed by atoms with Crippen molar-refractivity contribution in [2.24, 2.45) is 0 Å². The molecular weight excluding hydrogens is 1180 g/mol. The van der Waals surface area contributed by atoms with Gasteiger partial charge in [-0.3, -0.25) is 24.5 Å². The molecule has 0 amide bonds. The molecule has 1 aliphatic heterocycles. The van der Waals surface area contributed by atoms with E-state index in [0.717, 1.165) is 64.0 Å². The van der Waals surface area contributed by atoms with Crippen LogP contribution >= 0.6 is 45.8 Å². The molecule has 0 bridgehead atoms. The number of nitrogens with zero attached hydrogens (tertiary/aromatic N) is 8.